The summed E-state index contributed by atoms with van der Waals surface area (Å²) in [6.07, 6.45) is 3.23. The summed E-state index contributed by atoms with van der Waals surface area (Å²) in [5.74, 6) is 0. The highest BCUT2D eigenvalue weighted by atomic mass is 15.1. The molecule has 0 heterocycles. The smallest absolute Gasteiger partial charge is 0.0628 e. The van der Waals surface area contributed by atoms with E-state index >= 15 is 0 Å². The second kappa shape index (κ2) is 9.73. The van der Waals surface area contributed by atoms with E-state index in [2.05, 4.69) is 22.2 Å². The summed E-state index contributed by atoms with van der Waals surface area (Å²) >= 11 is 0. The molecule has 0 saturated heterocycles. The van der Waals surface area contributed by atoms with Crippen molar-refractivity contribution >= 4 is 0 Å². The lowest BCUT2D eigenvalue weighted by molar-refractivity contribution is 0.568. The molecule has 0 amide bonds. The maximum absolute atomic E-state index is 8.40. The summed E-state index contributed by atoms with van der Waals surface area (Å²) in [4.78, 5) is 2.88. The Morgan fingerprint density at radius 1 is 1.18 bits per heavy atom. The fourth-order valence-electron chi connectivity index (χ4n) is 1.91. The van der Waals surface area contributed by atoms with E-state index in [0.717, 1.165) is 19.3 Å². The Hall–Kier alpha value is -1.47. The van der Waals surface area contributed by atoms with Gasteiger partial charge in [-0.3, -0.25) is 0 Å². The third-order valence-corrected chi connectivity index (χ3v) is 2.53. The topological polar surface area (TPSA) is 48.8 Å². The normalized spacial score (nSPS) is 16.1. The van der Waals surface area contributed by atoms with Gasteiger partial charge in [0.25, 0.3) is 0 Å². The van der Waals surface area contributed by atoms with Crippen LogP contribution in [0, 0.1) is 0 Å². The van der Waals surface area contributed by atoms with Crippen molar-refractivity contribution in [3.05, 3.63) is 45.8 Å². The van der Waals surface area contributed by atoms with Crippen molar-refractivity contribution < 1.29 is 0 Å². The quantitative estimate of drug-likeness (QED) is 0.353. The Labute approximate surface area is 104 Å². The van der Waals surface area contributed by atoms with Crippen LogP contribution in [0.4, 0.5) is 0 Å². The van der Waals surface area contributed by atoms with Crippen LogP contribution in [0.3, 0.4) is 0 Å². The van der Waals surface area contributed by atoms with E-state index in [-0.39, 0.29) is 6.04 Å². The molecular formula is C14H23N3. The van der Waals surface area contributed by atoms with Crippen LogP contribution in [0.25, 0.3) is 10.4 Å². The minimum Gasteiger partial charge on any atom is -0.0859 e. The Morgan fingerprint density at radius 3 is 2.47 bits per heavy atom. The van der Waals surface area contributed by atoms with E-state index in [1.165, 1.54) is 11.1 Å². The molecule has 0 unspecified atom stereocenters. The third kappa shape index (κ3) is 4.49. The molecule has 0 aliphatic heterocycles. The van der Waals surface area contributed by atoms with Crippen LogP contribution in [0.2, 0.25) is 0 Å². The van der Waals surface area contributed by atoms with Crippen molar-refractivity contribution in [3.63, 3.8) is 0 Å². The monoisotopic (exact) mass is 233 g/mol. The summed E-state index contributed by atoms with van der Waals surface area (Å²) in [6, 6.07) is 8.29. The zero-order valence-corrected chi connectivity index (χ0v) is 11.3. The van der Waals surface area contributed by atoms with Gasteiger partial charge in [0.15, 0.2) is 0 Å². The predicted octanol–water partition coefficient (Wildman–Crippen LogP) is 5.43. The zero-order valence-electron chi connectivity index (χ0n) is 11.3. The molecular weight excluding hydrogens is 210 g/mol. The fourth-order valence-corrected chi connectivity index (χ4v) is 1.91. The molecule has 2 rings (SSSR count). The second-order valence-electron chi connectivity index (χ2n) is 3.31. The van der Waals surface area contributed by atoms with Crippen molar-refractivity contribution in [2.24, 2.45) is 5.11 Å². The molecule has 1 aromatic rings. The molecule has 1 aliphatic carbocycles. The minimum atomic E-state index is 0.0648. The Balaban J connectivity index is 0.000000581. The molecule has 1 aliphatic rings. The van der Waals surface area contributed by atoms with Crippen molar-refractivity contribution in [1.29, 1.82) is 0 Å². The van der Waals surface area contributed by atoms with E-state index < -0.39 is 0 Å². The number of fused-ring (bicyclic) bond motifs is 1. The van der Waals surface area contributed by atoms with Gasteiger partial charge in [-0.2, -0.15) is 0 Å². The van der Waals surface area contributed by atoms with E-state index in [1.807, 2.05) is 39.8 Å². The van der Waals surface area contributed by atoms with Gasteiger partial charge >= 0.3 is 0 Å². The summed E-state index contributed by atoms with van der Waals surface area (Å²) < 4.78 is 0. The molecule has 0 spiro atoms. The number of benzene rings is 1. The highest BCUT2D eigenvalue weighted by Gasteiger charge is 2.17. The number of aryl methyl sites for hydroxylation is 1. The Morgan fingerprint density at radius 2 is 1.82 bits per heavy atom. The van der Waals surface area contributed by atoms with Crippen LogP contribution < -0.4 is 0 Å². The molecule has 3 heteroatoms. The Bertz CT molecular complexity index is 354. The van der Waals surface area contributed by atoms with Crippen LogP contribution in [-0.4, -0.2) is 0 Å². The minimum absolute atomic E-state index is 0.0648. The summed E-state index contributed by atoms with van der Waals surface area (Å²) in [5.41, 5.74) is 11.0. The fraction of sp³-hybridized carbons (Fsp3) is 0.571. The molecule has 0 fully saturated rings. The number of hydrogen-bond donors (Lipinski definition) is 0. The molecule has 0 bridgehead atoms. The second-order valence-corrected chi connectivity index (χ2v) is 3.31. The van der Waals surface area contributed by atoms with Crippen LogP contribution in [0.1, 0.15) is 57.7 Å². The van der Waals surface area contributed by atoms with Gasteiger partial charge in [0.1, 0.15) is 0 Å². The van der Waals surface area contributed by atoms with Gasteiger partial charge in [-0.25, -0.2) is 0 Å². The van der Waals surface area contributed by atoms with Crippen LogP contribution in [0.5, 0.6) is 0 Å². The van der Waals surface area contributed by atoms with Gasteiger partial charge in [-0.05, 0) is 35.9 Å². The first-order chi connectivity index (χ1) is 8.42. The number of rotatable bonds is 1. The third-order valence-electron chi connectivity index (χ3n) is 2.53. The average molecular weight is 233 g/mol. The molecule has 3 nitrogen and oxygen atoms in total. The molecule has 17 heavy (non-hydrogen) atoms. The van der Waals surface area contributed by atoms with Crippen molar-refractivity contribution in [2.75, 3.05) is 0 Å². The first kappa shape index (κ1) is 15.5. The van der Waals surface area contributed by atoms with Crippen LogP contribution in [0.15, 0.2) is 29.4 Å². The largest absolute Gasteiger partial charge is 0.0859 e. The average Bonchev–Trinajstić information content (AvgIpc) is 2.44. The van der Waals surface area contributed by atoms with Crippen molar-refractivity contribution in [1.82, 2.24) is 0 Å². The number of nitrogens with zero attached hydrogens (tertiary/aromatic N) is 3. The summed E-state index contributed by atoms with van der Waals surface area (Å²) in [7, 11) is 0. The van der Waals surface area contributed by atoms with Crippen molar-refractivity contribution in [3.8, 4) is 0 Å². The Kier molecular flexibility index (Phi) is 8.89. The van der Waals surface area contributed by atoms with E-state index in [4.69, 9.17) is 5.53 Å². The molecule has 0 radical (unpaired) electrons. The summed E-state index contributed by atoms with van der Waals surface area (Å²) in [6.45, 7) is 8.00. The highest BCUT2D eigenvalue weighted by molar-refractivity contribution is 5.32. The molecule has 0 aromatic heterocycles. The SMILES string of the molecule is CC.CC.[N-]=[N+]=N[C@@H]1CCCc2ccccc21. The predicted molar refractivity (Wildman–Crippen MR) is 74.0 cm³/mol. The first-order valence-electron chi connectivity index (χ1n) is 6.54. The van der Waals surface area contributed by atoms with E-state index in [1.54, 1.807) is 0 Å². The standard InChI is InChI=1S/C10H11N3.2C2H6/c11-13-12-10-7-3-5-8-4-1-2-6-9(8)10;2*1-2/h1-2,4,6,10H,3,5,7H2;2*1-2H3/t10-;;/m1../s1. The highest BCUT2D eigenvalue weighted by Crippen LogP contribution is 2.32. The molecule has 94 valence electrons. The van der Waals surface area contributed by atoms with E-state index in [0.29, 0.717) is 0 Å². The van der Waals surface area contributed by atoms with Gasteiger partial charge < -0.3 is 0 Å². The molecule has 0 saturated carbocycles. The van der Waals surface area contributed by atoms with E-state index in [9.17, 15) is 0 Å². The maximum Gasteiger partial charge on any atom is 0.0628 e. The maximum atomic E-state index is 8.40. The lowest BCUT2D eigenvalue weighted by Gasteiger charge is -2.21. The van der Waals surface area contributed by atoms with Gasteiger partial charge in [-0.15, -0.1) is 0 Å². The zero-order chi connectivity index (χ0) is 13.1. The summed E-state index contributed by atoms with van der Waals surface area (Å²) in [5, 5.41) is 3.81. The van der Waals surface area contributed by atoms with Gasteiger partial charge in [0.05, 0.1) is 6.04 Å². The first-order valence-corrected chi connectivity index (χ1v) is 6.54. The van der Waals surface area contributed by atoms with Gasteiger partial charge in [-0.1, -0.05) is 57.1 Å². The molecule has 1 aromatic carbocycles. The molecule has 0 N–H and O–H groups in total. The number of hydrogen-bond acceptors (Lipinski definition) is 1. The number of azide groups is 1. The molecule has 1 atom stereocenters. The van der Waals surface area contributed by atoms with Gasteiger partial charge in [0.2, 0.25) is 0 Å². The van der Waals surface area contributed by atoms with Crippen LogP contribution in [-0.2, 0) is 6.42 Å². The van der Waals surface area contributed by atoms with Crippen molar-refractivity contribution in [2.45, 2.75) is 53.0 Å². The van der Waals surface area contributed by atoms with Crippen LogP contribution >= 0.6 is 0 Å². The lowest BCUT2D eigenvalue weighted by atomic mass is 9.88. The lowest BCUT2D eigenvalue weighted by Crippen LogP contribution is -2.06. The van der Waals surface area contributed by atoms with Gasteiger partial charge in [0, 0.05) is 4.91 Å².